The van der Waals surface area contributed by atoms with Crippen molar-refractivity contribution in [1.82, 2.24) is 10.3 Å². The molecule has 1 amide bonds. The number of amides is 1. The van der Waals surface area contributed by atoms with Gasteiger partial charge in [0.05, 0.1) is 5.52 Å². The topological polar surface area (TPSA) is 51.2 Å². The summed E-state index contributed by atoms with van der Waals surface area (Å²) >= 11 is 0. The fraction of sp³-hybridized carbons (Fsp3) is 0.158. The summed E-state index contributed by atoms with van der Waals surface area (Å²) < 4.78 is 5.75. The van der Waals surface area contributed by atoms with Gasteiger partial charge in [-0.3, -0.25) is 4.79 Å². The van der Waals surface area contributed by atoms with E-state index in [0.29, 0.717) is 12.4 Å². The van der Waals surface area contributed by atoms with Crippen molar-refractivity contribution in [3.8, 4) is 11.6 Å². The lowest BCUT2D eigenvalue weighted by Gasteiger charge is -2.07. The minimum atomic E-state index is -0.00448. The van der Waals surface area contributed by atoms with E-state index < -0.39 is 0 Å². The molecule has 3 rings (SSSR count). The van der Waals surface area contributed by atoms with Crippen molar-refractivity contribution in [2.45, 2.75) is 13.3 Å². The van der Waals surface area contributed by atoms with Crippen molar-refractivity contribution >= 4 is 16.8 Å². The summed E-state index contributed by atoms with van der Waals surface area (Å²) in [4.78, 5) is 15.4. The number of nitrogens with zero attached hydrogens (tertiary/aromatic N) is 1. The molecule has 4 nitrogen and oxygen atoms in total. The predicted molar refractivity (Wildman–Crippen MR) is 90.6 cm³/mol. The number of rotatable bonds is 5. The van der Waals surface area contributed by atoms with E-state index in [9.17, 15) is 4.79 Å². The van der Waals surface area contributed by atoms with Gasteiger partial charge in [0, 0.05) is 24.9 Å². The van der Waals surface area contributed by atoms with Gasteiger partial charge in [-0.15, -0.1) is 0 Å². The van der Waals surface area contributed by atoms with E-state index in [1.807, 2.05) is 54.6 Å². The number of carbonyl (C=O) groups is 1. The molecule has 0 unspecified atom stereocenters. The summed E-state index contributed by atoms with van der Waals surface area (Å²) in [5, 5.41) is 3.86. The van der Waals surface area contributed by atoms with Crippen LogP contribution in [-0.2, 0) is 11.2 Å². The Bertz CT molecular complexity index is 816. The van der Waals surface area contributed by atoms with E-state index >= 15 is 0 Å². The Labute approximate surface area is 135 Å². The number of carbonyl (C=O) groups excluding carboxylic acids is 1. The van der Waals surface area contributed by atoms with Gasteiger partial charge < -0.3 is 10.1 Å². The third-order valence-electron chi connectivity index (χ3n) is 3.48. The molecule has 0 bridgehead atoms. The fourth-order valence-electron chi connectivity index (χ4n) is 2.36. The van der Waals surface area contributed by atoms with Crippen molar-refractivity contribution in [3.05, 3.63) is 66.2 Å². The number of pyridine rings is 1. The Morgan fingerprint density at radius 1 is 1.09 bits per heavy atom. The largest absolute Gasteiger partial charge is 0.439 e. The van der Waals surface area contributed by atoms with Gasteiger partial charge in [0.1, 0.15) is 5.75 Å². The van der Waals surface area contributed by atoms with Crippen LogP contribution in [0.15, 0.2) is 60.7 Å². The molecule has 1 heterocycles. The molecular weight excluding hydrogens is 288 g/mol. The van der Waals surface area contributed by atoms with Crippen LogP contribution >= 0.6 is 0 Å². The lowest BCUT2D eigenvalue weighted by molar-refractivity contribution is -0.118. The van der Waals surface area contributed by atoms with Gasteiger partial charge in [0.25, 0.3) is 0 Å². The van der Waals surface area contributed by atoms with E-state index in [-0.39, 0.29) is 5.91 Å². The zero-order chi connectivity index (χ0) is 16.1. The molecule has 0 spiro atoms. The molecule has 2 aromatic carbocycles. The van der Waals surface area contributed by atoms with Crippen molar-refractivity contribution in [1.29, 1.82) is 0 Å². The van der Waals surface area contributed by atoms with Crippen molar-refractivity contribution in [2.24, 2.45) is 0 Å². The average molecular weight is 306 g/mol. The van der Waals surface area contributed by atoms with Gasteiger partial charge in [0.2, 0.25) is 11.8 Å². The molecular formula is C19H18N2O2. The second kappa shape index (κ2) is 6.92. The molecule has 0 atom stereocenters. The number of hydrogen-bond acceptors (Lipinski definition) is 3. The SMILES string of the molecule is CC(=O)NCCc1ccc2nc(Oc3ccccc3)ccc2c1. The normalized spacial score (nSPS) is 10.5. The Kier molecular flexibility index (Phi) is 4.52. The molecule has 0 saturated carbocycles. The van der Waals surface area contributed by atoms with Gasteiger partial charge in [-0.2, -0.15) is 0 Å². The van der Waals surface area contributed by atoms with Gasteiger partial charge >= 0.3 is 0 Å². The second-order valence-corrected chi connectivity index (χ2v) is 5.32. The van der Waals surface area contributed by atoms with Crippen molar-refractivity contribution in [3.63, 3.8) is 0 Å². The molecule has 1 aromatic heterocycles. The summed E-state index contributed by atoms with van der Waals surface area (Å²) in [6.07, 6.45) is 0.803. The maximum Gasteiger partial charge on any atom is 0.219 e. The highest BCUT2D eigenvalue weighted by Crippen LogP contribution is 2.22. The second-order valence-electron chi connectivity index (χ2n) is 5.32. The summed E-state index contributed by atoms with van der Waals surface area (Å²) in [5.41, 5.74) is 2.06. The molecule has 0 aliphatic heterocycles. The first-order valence-electron chi connectivity index (χ1n) is 7.58. The Balaban J connectivity index is 1.74. The molecule has 0 radical (unpaired) electrons. The molecule has 0 aliphatic carbocycles. The van der Waals surface area contributed by atoms with Gasteiger partial charge in [0.15, 0.2) is 0 Å². The number of hydrogen-bond donors (Lipinski definition) is 1. The molecule has 116 valence electrons. The van der Waals surface area contributed by atoms with Crippen LogP contribution in [-0.4, -0.2) is 17.4 Å². The smallest absolute Gasteiger partial charge is 0.219 e. The first-order valence-corrected chi connectivity index (χ1v) is 7.58. The van der Waals surface area contributed by atoms with Gasteiger partial charge in [-0.1, -0.05) is 24.3 Å². The fourth-order valence-corrected chi connectivity index (χ4v) is 2.36. The minimum Gasteiger partial charge on any atom is -0.439 e. The first kappa shape index (κ1) is 15.0. The summed E-state index contributed by atoms with van der Waals surface area (Å²) in [6.45, 7) is 2.17. The lowest BCUT2D eigenvalue weighted by Crippen LogP contribution is -2.22. The molecule has 0 saturated heterocycles. The Morgan fingerprint density at radius 2 is 1.91 bits per heavy atom. The zero-order valence-corrected chi connectivity index (χ0v) is 13.0. The highest BCUT2D eigenvalue weighted by Gasteiger charge is 2.03. The van der Waals surface area contributed by atoms with Crippen LogP contribution in [0.4, 0.5) is 0 Å². The molecule has 4 heteroatoms. The maximum atomic E-state index is 10.9. The Morgan fingerprint density at radius 3 is 2.70 bits per heavy atom. The van der Waals surface area contributed by atoms with Crippen LogP contribution in [0.3, 0.4) is 0 Å². The molecule has 0 fully saturated rings. The van der Waals surface area contributed by atoms with Crippen LogP contribution in [0, 0.1) is 0 Å². The quantitative estimate of drug-likeness (QED) is 0.782. The zero-order valence-electron chi connectivity index (χ0n) is 13.0. The van der Waals surface area contributed by atoms with Crippen LogP contribution in [0.5, 0.6) is 11.6 Å². The summed E-state index contributed by atoms with van der Waals surface area (Å²) in [6, 6.07) is 19.6. The highest BCUT2D eigenvalue weighted by molar-refractivity contribution is 5.80. The third-order valence-corrected chi connectivity index (χ3v) is 3.48. The van der Waals surface area contributed by atoms with Crippen molar-refractivity contribution < 1.29 is 9.53 Å². The van der Waals surface area contributed by atoms with Crippen LogP contribution in [0.25, 0.3) is 10.9 Å². The monoisotopic (exact) mass is 306 g/mol. The van der Waals surface area contributed by atoms with Gasteiger partial charge in [-0.25, -0.2) is 4.98 Å². The summed E-state index contributed by atoms with van der Waals surface area (Å²) in [7, 11) is 0. The molecule has 0 aliphatic rings. The standard InChI is InChI=1S/C19H18N2O2/c1-14(22)20-12-11-15-7-9-18-16(13-15)8-10-19(21-18)23-17-5-3-2-4-6-17/h2-10,13H,11-12H2,1H3,(H,20,22). The first-order chi connectivity index (χ1) is 11.2. The van der Waals surface area contributed by atoms with Crippen LogP contribution in [0.2, 0.25) is 0 Å². The lowest BCUT2D eigenvalue weighted by atomic mass is 10.1. The van der Waals surface area contributed by atoms with E-state index in [0.717, 1.165) is 23.1 Å². The highest BCUT2D eigenvalue weighted by atomic mass is 16.5. The van der Waals surface area contributed by atoms with E-state index in [2.05, 4.69) is 16.4 Å². The number of aromatic nitrogens is 1. The van der Waals surface area contributed by atoms with E-state index in [1.165, 1.54) is 12.5 Å². The predicted octanol–water partition coefficient (Wildman–Crippen LogP) is 3.71. The van der Waals surface area contributed by atoms with Crippen LogP contribution in [0.1, 0.15) is 12.5 Å². The Hall–Kier alpha value is -2.88. The van der Waals surface area contributed by atoms with E-state index in [1.54, 1.807) is 0 Å². The number of fused-ring (bicyclic) bond motifs is 1. The molecule has 1 N–H and O–H groups in total. The molecule has 3 aromatic rings. The summed E-state index contributed by atoms with van der Waals surface area (Å²) in [5.74, 6) is 1.34. The maximum absolute atomic E-state index is 10.9. The van der Waals surface area contributed by atoms with Crippen molar-refractivity contribution in [2.75, 3.05) is 6.54 Å². The number of para-hydroxylation sites is 1. The van der Waals surface area contributed by atoms with E-state index in [4.69, 9.17) is 4.74 Å². The average Bonchev–Trinajstić information content (AvgIpc) is 2.55. The molecule has 23 heavy (non-hydrogen) atoms. The van der Waals surface area contributed by atoms with Crippen LogP contribution < -0.4 is 10.1 Å². The number of ether oxygens (including phenoxy) is 1. The number of nitrogens with one attached hydrogen (secondary N) is 1. The minimum absolute atomic E-state index is 0.00448. The van der Waals surface area contributed by atoms with Gasteiger partial charge in [-0.05, 0) is 42.3 Å². The number of benzene rings is 2. The third kappa shape index (κ3) is 4.07.